The van der Waals surface area contributed by atoms with Crippen molar-refractivity contribution in [1.29, 1.82) is 0 Å². The van der Waals surface area contributed by atoms with Crippen LogP contribution in [0.5, 0.6) is 5.75 Å². The molecule has 0 radical (unpaired) electrons. The second-order valence-corrected chi connectivity index (χ2v) is 11.1. The number of hydrogen-bond donors (Lipinski definition) is 0. The molecule has 1 unspecified atom stereocenters. The first-order chi connectivity index (χ1) is 18.4. The summed E-state index contributed by atoms with van der Waals surface area (Å²) in [6, 6.07) is 14.4. The van der Waals surface area contributed by atoms with Crippen LogP contribution in [-0.4, -0.2) is 73.3 Å². The van der Waals surface area contributed by atoms with Gasteiger partial charge >= 0.3 is 6.09 Å². The molecule has 9 heteroatoms. The van der Waals surface area contributed by atoms with Gasteiger partial charge in [-0.2, -0.15) is 0 Å². The van der Waals surface area contributed by atoms with Gasteiger partial charge < -0.3 is 23.8 Å². The first-order valence-electron chi connectivity index (χ1n) is 13.8. The molecule has 0 aromatic heterocycles. The number of amides is 1. The lowest BCUT2D eigenvalue weighted by atomic mass is 9.81. The van der Waals surface area contributed by atoms with Crippen LogP contribution in [-0.2, 0) is 27.2 Å². The molecule has 7 nitrogen and oxygen atoms in total. The predicted octanol–water partition coefficient (Wildman–Crippen LogP) is 5.44. The van der Waals surface area contributed by atoms with Crippen LogP contribution in [0.4, 0.5) is 9.18 Å². The van der Waals surface area contributed by atoms with E-state index in [1.807, 2.05) is 41.3 Å². The van der Waals surface area contributed by atoms with Gasteiger partial charge in [-0.1, -0.05) is 38.1 Å². The van der Waals surface area contributed by atoms with Gasteiger partial charge in [0.05, 0.1) is 25.9 Å². The van der Waals surface area contributed by atoms with Gasteiger partial charge in [-0.05, 0) is 47.7 Å². The summed E-state index contributed by atoms with van der Waals surface area (Å²) in [6.45, 7) is 9.27. The molecule has 1 spiro atoms. The summed E-state index contributed by atoms with van der Waals surface area (Å²) < 4.78 is 36.8. The summed E-state index contributed by atoms with van der Waals surface area (Å²) in [6.07, 6.45) is 2.59. The molecule has 1 atom stereocenters. The fourth-order valence-corrected chi connectivity index (χ4v) is 5.63. The van der Waals surface area contributed by atoms with Crippen molar-refractivity contribution in [3.8, 4) is 5.75 Å². The Hall–Kier alpha value is -2.39. The second kappa shape index (κ2) is 13.3. The normalized spacial score (nSPS) is 21.4. The zero-order valence-electron chi connectivity index (χ0n) is 22.9. The Kier molecular flexibility index (Phi) is 10.1. The lowest BCUT2D eigenvalue weighted by Gasteiger charge is -2.42. The number of nitrogens with zero attached hydrogens (tertiary/aromatic N) is 2. The van der Waals surface area contributed by atoms with Crippen LogP contribution in [0.2, 0.25) is 0 Å². The van der Waals surface area contributed by atoms with Crippen molar-refractivity contribution in [2.45, 2.75) is 64.0 Å². The van der Waals surface area contributed by atoms with Gasteiger partial charge in [0, 0.05) is 45.4 Å². The molecule has 2 aromatic carbocycles. The summed E-state index contributed by atoms with van der Waals surface area (Å²) in [4.78, 5) is 17.6. The molecule has 3 aliphatic rings. The van der Waals surface area contributed by atoms with E-state index < -0.39 is 5.60 Å². The van der Waals surface area contributed by atoms with Crippen molar-refractivity contribution < 1.29 is 28.1 Å². The Balaban J connectivity index is 0.00000353. The third-order valence-corrected chi connectivity index (χ3v) is 7.78. The molecule has 0 aliphatic carbocycles. The van der Waals surface area contributed by atoms with Crippen LogP contribution in [0.25, 0.3) is 0 Å². The summed E-state index contributed by atoms with van der Waals surface area (Å²) in [5.41, 5.74) is 1.45. The third kappa shape index (κ3) is 7.42. The lowest BCUT2D eigenvalue weighted by Crippen LogP contribution is -2.53. The van der Waals surface area contributed by atoms with E-state index in [1.165, 1.54) is 12.1 Å². The molecule has 0 N–H and O–H groups in total. The Morgan fingerprint density at radius 2 is 1.64 bits per heavy atom. The van der Waals surface area contributed by atoms with E-state index in [4.69, 9.17) is 18.9 Å². The molecule has 0 saturated carbocycles. The Bertz CT molecular complexity index is 1050. The van der Waals surface area contributed by atoms with Gasteiger partial charge in [0.15, 0.2) is 6.29 Å². The molecule has 1 amide bonds. The monoisotopic (exact) mass is 562 g/mol. The highest BCUT2D eigenvalue weighted by molar-refractivity contribution is 5.85. The third-order valence-electron chi connectivity index (χ3n) is 7.78. The minimum atomic E-state index is -0.567. The molecule has 5 rings (SSSR count). The maximum absolute atomic E-state index is 13.6. The fourth-order valence-electron chi connectivity index (χ4n) is 5.63. The van der Waals surface area contributed by atoms with E-state index in [0.29, 0.717) is 38.7 Å². The lowest BCUT2D eigenvalue weighted by molar-refractivity contribution is -0.0601. The van der Waals surface area contributed by atoms with Crippen LogP contribution in [0, 0.1) is 11.7 Å². The molecular formula is C30H40ClFN2O5. The molecule has 3 aliphatic heterocycles. The maximum Gasteiger partial charge on any atom is 0.411 e. The van der Waals surface area contributed by atoms with Crippen molar-refractivity contribution >= 4 is 18.5 Å². The molecule has 39 heavy (non-hydrogen) atoms. The number of piperidine rings is 1. The Morgan fingerprint density at radius 3 is 2.28 bits per heavy atom. The average molecular weight is 563 g/mol. The fraction of sp³-hybridized carbons (Fsp3) is 0.567. The highest BCUT2D eigenvalue weighted by atomic mass is 35.5. The first-order valence-corrected chi connectivity index (χ1v) is 13.8. The quantitative estimate of drug-likeness (QED) is 0.384. The number of carbonyl (C=O) groups is 1. The minimum absolute atomic E-state index is 0. The highest BCUT2D eigenvalue weighted by Gasteiger charge is 2.54. The number of likely N-dealkylation sites (tertiary alicyclic amines) is 1. The minimum Gasteiger partial charge on any atom is -0.493 e. The second-order valence-electron chi connectivity index (χ2n) is 11.1. The van der Waals surface area contributed by atoms with Gasteiger partial charge in [-0.3, -0.25) is 4.90 Å². The van der Waals surface area contributed by atoms with Crippen LogP contribution in [0.3, 0.4) is 0 Å². The summed E-state index contributed by atoms with van der Waals surface area (Å²) >= 11 is 0. The highest BCUT2D eigenvalue weighted by Crippen LogP contribution is 2.41. The van der Waals surface area contributed by atoms with Crippen molar-refractivity contribution in [2.75, 3.05) is 39.5 Å². The summed E-state index contributed by atoms with van der Waals surface area (Å²) in [7, 11) is 0. The van der Waals surface area contributed by atoms with Crippen LogP contribution >= 0.6 is 12.4 Å². The van der Waals surface area contributed by atoms with Gasteiger partial charge in [-0.15, -0.1) is 12.4 Å². The van der Waals surface area contributed by atoms with Crippen molar-refractivity contribution in [1.82, 2.24) is 9.80 Å². The molecule has 2 aromatic rings. The number of hydrogen-bond acceptors (Lipinski definition) is 6. The molecular weight excluding hydrogens is 523 g/mol. The van der Waals surface area contributed by atoms with E-state index in [2.05, 4.69) is 18.7 Å². The van der Waals surface area contributed by atoms with Crippen LogP contribution in [0.1, 0.15) is 44.2 Å². The number of carbonyl (C=O) groups excluding carboxylic acids is 1. The van der Waals surface area contributed by atoms with Crippen molar-refractivity contribution in [3.63, 3.8) is 0 Å². The SMILES string of the molecule is CC(C)COc1ccc(CN2C(=O)OC3(CCN(CCC4OCCO4)CC3)C2Cc2ccc(F)cc2)cc1.Cl. The van der Waals surface area contributed by atoms with Crippen molar-refractivity contribution in [3.05, 3.63) is 65.5 Å². The van der Waals surface area contributed by atoms with Crippen molar-refractivity contribution in [2.24, 2.45) is 5.92 Å². The summed E-state index contributed by atoms with van der Waals surface area (Å²) in [5.74, 6) is 1.02. The predicted molar refractivity (Wildman–Crippen MR) is 149 cm³/mol. The maximum atomic E-state index is 13.6. The van der Waals surface area contributed by atoms with Gasteiger partial charge in [0.1, 0.15) is 17.2 Å². The molecule has 3 fully saturated rings. The van der Waals surface area contributed by atoms with Gasteiger partial charge in [0.25, 0.3) is 0 Å². The molecule has 3 heterocycles. The van der Waals surface area contributed by atoms with Gasteiger partial charge in [0.2, 0.25) is 0 Å². The van der Waals surface area contributed by atoms with E-state index in [-0.39, 0.29) is 36.6 Å². The zero-order chi connectivity index (χ0) is 26.5. The Morgan fingerprint density at radius 1 is 1.00 bits per heavy atom. The van der Waals surface area contributed by atoms with E-state index in [9.17, 15) is 9.18 Å². The molecule has 214 valence electrons. The largest absolute Gasteiger partial charge is 0.493 e. The average Bonchev–Trinajstić information content (AvgIpc) is 3.52. The molecule has 0 bridgehead atoms. The van der Waals surface area contributed by atoms with E-state index >= 15 is 0 Å². The van der Waals surface area contributed by atoms with Crippen LogP contribution < -0.4 is 4.74 Å². The van der Waals surface area contributed by atoms with E-state index in [1.54, 1.807) is 0 Å². The van der Waals surface area contributed by atoms with Crippen LogP contribution in [0.15, 0.2) is 48.5 Å². The number of ether oxygens (including phenoxy) is 4. The van der Waals surface area contributed by atoms with E-state index in [0.717, 1.165) is 55.8 Å². The molecule has 3 saturated heterocycles. The topological polar surface area (TPSA) is 60.5 Å². The van der Waals surface area contributed by atoms with Gasteiger partial charge in [-0.25, -0.2) is 9.18 Å². The number of rotatable bonds is 10. The Labute approximate surface area is 236 Å². The standard InChI is InChI=1S/C30H39FN2O5.ClH/c1-22(2)21-37-26-9-5-24(6-10-26)20-33-27(19-23-3-7-25(31)8-4-23)30(38-29(33)34)12-15-32(16-13-30)14-11-28-35-17-18-36-28;/h3-10,22,27-28H,11-21H2,1-2H3;1H. The zero-order valence-corrected chi connectivity index (χ0v) is 23.7. The smallest absolute Gasteiger partial charge is 0.411 e. The number of benzene rings is 2. The first kappa shape index (κ1) is 29.6. The number of halogens is 2. The summed E-state index contributed by atoms with van der Waals surface area (Å²) in [5, 5.41) is 0.